The van der Waals surface area contributed by atoms with Crippen LogP contribution < -0.4 is 15.1 Å². The van der Waals surface area contributed by atoms with Crippen molar-refractivity contribution in [2.75, 3.05) is 5.73 Å². The first kappa shape index (κ1) is 12.4. The van der Waals surface area contributed by atoms with Gasteiger partial charge in [0.05, 0.1) is 0 Å². The maximum Gasteiger partial charge on any atom is 0.380 e. The van der Waals surface area contributed by atoms with Crippen LogP contribution in [0, 0.1) is 0 Å². The quantitative estimate of drug-likeness (QED) is 0.821. The fraction of sp³-hybridized carbons (Fsp3) is 0. The minimum Gasteiger partial charge on any atom is -0.398 e. The lowest BCUT2D eigenvalue weighted by molar-refractivity contribution is 0.488. The van der Waals surface area contributed by atoms with Gasteiger partial charge in [-0.1, -0.05) is 30.3 Å². The van der Waals surface area contributed by atoms with Crippen molar-refractivity contribution in [2.24, 2.45) is 5.14 Å². The summed E-state index contributed by atoms with van der Waals surface area (Å²) in [7, 11) is -4.03. The van der Waals surface area contributed by atoms with Gasteiger partial charge >= 0.3 is 10.3 Å². The van der Waals surface area contributed by atoms with E-state index in [1.54, 1.807) is 6.07 Å². The van der Waals surface area contributed by atoms with Gasteiger partial charge in [0.25, 0.3) is 0 Å². The van der Waals surface area contributed by atoms with Crippen LogP contribution in [0.4, 0.5) is 5.69 Å². The molecule has 0 fully saturated rings. The number of benzene rings is 2. The SMILES string of the molecule is Nc1cc(OS(N)(=O)=O)ccc1-c1ccccc1. The molecule has 0 heterocycles. The molecule has 2 aromatic carbocycles. The van der Waals surface area contributed by atoms with Crippen LogP contribution in [0.15, 0.2) is 48.5 Å². The van der Waals surface area contributed by atoms with Crippen LogP contribution >= 0.6 is 0 Å². The average molecular weight is 264 g/mol. The van der Waals surface area contributed by atoms with E-state index < -0.39 is 10.3 Å². The molecule has 0 aliphatic heterocycles. The number of nitrogen functional groups attached to an aromatic ring is 1. The topological polar surface area (TPSA) is 95.4 Å². The molecule has 0 saturated carbocycles. The Labute approximate surface area is 105 Å². The Balaban J connectivity index is 2.37. The summed E-state index contributed by atoms with van der Waals surface area (Å²) in [4.78, 5) is 0. The Bertz CT molecular complexity index is 654. The van der Waals surface area contributed by atoms with Gasteiger partial charge in [-0.2, -0.15) is 13.6 Å². The first-order valence-corrected chi connectivity index (χ1v) is 6.60. The molecule has 0 aliphatic rings. The van der Waals surface area contributed by atoms with E-state index >= 15 is 0 Å². The van der Waals surface area contributed by atoms with Crippen molar-refractivity contribution >= 4 is 16.0 Å². The van der Waals surface area contributed by atoms with E-state index in [0.717, 1.165) is 11.1 Å². The van der Waals surface area contributed by atoms with Gasteiger partial charge in [0.2, 0.25) is 0 Å². The number of hydrogen-bond acceptors (Lipinski definition) is 4. The zero-order valence-electron chi connectivity index (χ0n) is 9.41. The Kier molecular flexibility index (Phi) is 3.22. The Morgan fingerprint density at radius 1 is 1.00 bits per heavy atom. The Hall–Kier alpha value is -2.05. The zero-order valence-corrected chi connectivity index (χ0v) is 10.2. The van der Waals surface area contributed by atoms with E-state index in [0.29, 0.717) is 5.69 Å². The van der Waals surface area contributed by atoms with Gasteiger partial charge in [0.15, 0.2) is 0 Å². The largest absolute Gasteiger partial charge is 0.398 e. The summed E-state index contributed by atoms with van der Waals surface area (Å²) in [6.45, 7) is 0. The van der Waals surface area contributed by atoms with Gasteiger partial charge in [-0.05, 0) is 17.7 Å². The molecule has 0 saturated heterocycles. The second kappa shape index (κ2) is 4.67. The molecular formula is C12H12N2O3S. The van der Waals surface area contributed by atoms with Gasteiger partial charge in [0.1, 0.15) is 5.75 Å². The van der Waals surface area contributed by atoms with Crippen LogP contribution in [-0.4, -0.2) is 8.42 Å². The van der Waals surface area contributed by atoms with Crippen molar-refractivity contribution in [1.29, 1.82) is 0 Å². The summed E-state index contributed by atoms with van der Waals surface area (Å²) < 4.78 is 26.1. The molecule has 4 N–H and O–H groups in total. The predicted molar refractivity (Wildman–Crippen MR) is 70.0 cm³/mol. The molecule has 0 aromatic heterocycles. The van der Waals surface area contributed by atoms with Crippen LogP contribution in [0.2, 0.25) is 0 Å². The van der Waals surface area contributed by atoms with Crippen molar-refractivity contribution in [3.63, 3.8) is 0 Å². The lowest BCUT2D eigenvalue weighted by atomic mass is 10.0. The van der Waals surface area contributed by atoms with Gasteiger partial charge in [-0.3, -0.25) is 0 Å². The summed E-state index contributed by atoms with van der Waals surface area (Å²) in [6.07, 6.45) is 0. The zero-order chi connectivity index (χ0) is 13.2. The molecule has 0 unspecified atom stereocenters. The van der Waals surface area contributed by atoms with Gasteiger partial charge in [-0.15, -0.1) is 0 Å². The van der Waals surface area contributed by atoms with E-state index in [1.807, 2.05) is 30.3 Å². The van der Waals surface area contributed by atoms with Crippen LogP contribution in [0.3, 0.4) is 0 Å². The van der Waals surface area contributed by atoms with Crippen molar-refractivity contribution in [3.05, 3.63) is 48.5 Å². The highest BCUT2D eigenvalue weighted by Gasteiger charge is 2.08. The molecule has 0 bridgehead atoms. The normalized spacial score (nSPS) is 11.2. The van der Waals surface area contributed by atoms with Crippen LogP contribution in [0.5, 0.6) is 5.75 Å². The lowest BCUT2D eigenvalue weighted by Gasteiger charge is -2.08. The molecule has 2 rings (SSSR count). The van der Waals surface area contributed by atoms with E-state index in [4.69, 9.17) is 10.9 Å². The summed E-state index contributed by atoms with van der Waals surface area (Å²) >= 11 is 0. The molecule has 18 heavy (non-hydrogen) atoms. The number of rotatable bonds is 3. The molecular weight excluding hydrogens is 252 g/mol. The second-order valence-electron chi connectivity index (χ2n) is 3.69. The first-order valence-electron chi connectivity index (χ1n) is 5.13. The highest BCUT2D eigenvalue weighted by Crippen LogP contribution is 2.29. The third-order valence-electron chi connectivity index (χ3n) is 2.32. The molecule has 0 radical (unpaired) electrons. The Morgan fingerprint density at radius 2 is 1.67 bits per heavy atom. The van der Waals surface area contributed by atoms with Crippen LogP contribution in [0.1, 0.15) is 0 Å². The van der Waals surface area contributed by atoms with E-state index in [9.17, 15) is 8.42 Å². The molecule has 94 valence electrons. The average Bonchev–Trinajstić information content (AvgIpc) is 2.28. The fourth-order valence-corrected chi connectivity index (χ4v) is 1.98. The monoisotopic (exact) mass is 264 g/mol. The van der Waals surface area contributed by atoms with Crippen LogP contribution in [0.25, 0.3) is 11.1 Å². The van der Waals surface area contributed by atoms with Gasteiger partial charge in [-0.25, -0.2) is 0 Å². The summed E-state index contributed by atoms with van der Waals surface area (Å²) in [6, 6.07) is 14.1. The van der Waals surface area contributed by atoms with Gasteiger partial charge in [0, 0.05) is 17.3 Å². The number of anilines is 1. The highest BCUT2D eigenvalue weighted by atomic mass is 32.2. The molecule has 5 nitrogen and oxygen atoms in total. The lowest BCUT2D eigenvalue weighted by Crippen LogP contribution is -2.19. The predicted octanol–water partition coefficient (Wildman–Crippen LogP) is 1.52. The van der Waals surface area contributed by atoms with Crippen molar-refractivity contribution in [2.45, 2.75) is 0 Å². The van der Waals surface area contributed by atoms with E-state index in [-0.39, 0.29) is 5.75 Å². The standard InChI is InChI=1S/C12H12N2O3S/c13-12-8-10(17-18(14,15)16)6-7-11(12)9-4-2-1-3-5-9/h1-8H,13H2,(H2,14,15,16). The number of nitrogens with two attached hydrogens (primary N) is 2. The third kappa shape index (κ3) is 2.99. The molecule has 0 atom stereocenters. The summed E-state index contributed by atoms with van der Waals surface area (Å²) in [5, 5.41) is 4.78. The first-order chi connectivity index (χ1) is 8.46. The summed E-state index contributed by atoms with van der Waals surface area (Å²) in [5.74, 6) is 0.0923. The highest BCUT2D eigenvalue weighted by molar-refractivity contribution is 7.84. The Morgan fingerprint density at radius 3 is 2.22 bits per heavy atom. The molecule has 6 heteroatoms. The van der Waals surface area contributed by atoms with Crippen LogP contribution in [-0.2, 0) is 10.3 Å². The van der Waals surface area contributed by atoms with Gasteiger partial charge < -0.3 is 9.92 Å². The molecule has 0 amide bonds. The molecule has 0 aliphatic carbocycles. The third-order valence-corrected chi connectivity index (χ3v) is 2.74. The minimum absolute atomic E-state index is 0.0923. The number of hydrogen-bond donors (Lipinski definition) is 2. The summed E-state index contributed by atoms with van der Waals surface area (Å²) in [5.41, 5.74) is 8.02. The van der Waals surface area contributed by atoms with E-state index in [2.05, 4.69) is 4.18 Å². The maximum atomic E-state index is 10.8. The van der Waals surface area contributed by atoms with E-state index in [1.165, 1.54) is 12.1 Å². The second-order valence-corrected chi connectivity index (χ2v) is 4.84. The van der Waals surface area contributed by atoms with Crippen molar-refractivity contribution < 1.29 is 12.6 Å². The van der Waals surface area contributed by atoms with Crippen molar-refractivity contribution in [3.8, 4) is 16.9 Å². The fourth-order valence-electron chi connectivity index (χ4n) is 1.61. The van der Waals surface area contributed by atoms with Crippen molar-refractivity contribution in [1.82, 2.24) is 0 Å². The molecule has 0 spiro atoms. The maximum absolute atomic E-state index is 10.8. The smallest absolute Gasteiger partial charge is 0.380 e. The minimum atomic E-state index is -4.03. The molecule has 2 aromatic rings.